The highest BCUT2D eigenvalue weighted by Crippen LogP contribution is 2.30. The molecule has 66 valence electrons. The molecule has 0 atom stereocenters. The smallest absolute Gasteiger partial charge is 0.264 e. The summed E-state index contributed by atoms with van der Waals surface area (Å²) in [6, 6.07) is 0. The van der Waals surface area contributed by atoms with Crippen LogP contribution < -0.4 is 0 Å². The lowest BCUT2D eigenvalue weighted by atomic mass is 9.83. The van der Waals surface area contributed by atoms with Crippen LogP contribution in [0.25, 0.3) is 0 Å². The third-order valence-corrected chi connectivity index (χ3v) is 2.38. The minimum Gasteiger partial charge on any atom is -0.396 e. The normalized spacial score (nSPS) is 31.5. The van der Waals surface area contributed by atoms with E-state index in [-0.39, 0.29) is 18.6 Å². The standard InChI is InChI=1S/C6H12O4S/c1-11(8,9)10-6-2-5(3-6)4-7/h5-7H,2-4H2,1H3. The number of rotatable bonds is 3. The van der Waals surface area contributed by atoms with Crippen molar-refractivity contribution in [2.45, 2.75) is 18.9 Å². The highest BCUT2D eigenvalue weighted by molar-refractivity contribution is 7.86. The van der Waals surface area contributed by atoms with Gasteiger partial charge in [0.15, 0.2) is 0 Å². The molecule has 0 saturated heterocycles. The van der Waals surface area contributed by atoms with Gasteiger partial charge in [-0.1, -0.05) is 0 Å². The van der Waals surface area contributed by atoms with Crippen LogP contribution in [-0.2, 0) is 14.3 Å². The average molecular weight is 180 g/mol. The molecule has 1 fully saturated rings. The molecule has 1 rings (SSSR count). The molecule has 5 heteroatoms. The van der Waals surface area contributed by atoms with E-state index in [2.05, 4.69) is 4.18 Å². The number of hydrogen-bond donors (Lipinski definition) is 1. The Morgan fingerprint density at radius 2 is 2.09 bits per heavy atom. The van der Waals surface area contributed by atoms with Gasteiger partial charge in [0.2, 0.25) is 0 Å². The van der Waals surface area contributed by atoms with Gasteiger partial charge in [-0.3, -0.25) is 4.18 Å². The first kappa shape index (κ1) is 8.96. The fourth-order valence-electron chi connectivity index (χ4n) is 1.15. The van der Waals surface area contributed by atoms with Crippen molar-refractivity contribution in [2.75, 3.05) is 12.9 Å². The Kier molecular flexibility index (Phi) is 2.51. The molecule has 0 heterocycles. The Morgan fingerprint density at radius 3 is 2.45 bits per heavy atom. The molecule has 0 aromatic heterocycles. The van der Waals surface area contributed by atoms with Gasteiger partial charge in [0.25, 0.3) is 10.1 Å². The summed E-state index contributed by atoms with van der Waals surface area (Å²) in [7, 11) is -3.30. The second-order valence-corrected chi connectivity index (χ2v) is 4.54. The van der Waals surface area contributed by atoms with E-state index >= 15 is 0 Å². The van der Waals surface area contributed by atoms with Crippen molar-refractivity contribution in [1.29, 1.82) is 0 Å². The largest absolute Gasteiger partial charge is 0.396 e. The van der Waals surface area contributed by atoms with E-state index < -0.39 is 10.1 Å². The minimum atomic E-state index is -3.30. The lowest BCUT2D eigenvalue weighted by Crippen LogP contribution is -2.34. The van der Waals surface area contributed by atoms with Crippen molar-refractivity contribution in [2.24, 2.45) is 5.92 Å². The molecular weight excluding hydrogens is 168 g/mol. The second kappa shape index (κ2) is 3.08. The fourth-order valence-corrected chi connectivity index (χ4v) is 1.80. The molecule has 0 unspecified atom stereocenters. The fraction of sp³-hybridized carbons (Fsp3) is 1.00. The summed E-state index contributed by atoms with van der Waals surface area (Å²) >= 11 is 0. The quantitative estimate of drug-likeness (QED) is 0.607. The van der Waals surface area contributed by atoms with E-state index in [0.717, 1.165) is 6.26 Å². The molecule has 1 aliphatic rings. The summed E-state index contributed by atoms with van der Waals surface area (Å²) in [5.41, 5.74) is 0. The monoisotopic (exact) mass is 180 g/mol. The average Bonchev–Trinajstić information content (AvgIpc) is 1.75. The summed E-state index contributed by atoms with van der Waals surface area (Å²) in [5.74, 6) is 0.238. The van der Waals surface area contributed by atoms with Crippen molar-refractivity contribution >= 4 is 10.1 Å². The highest BCUT2D eigenvalue weighted by Gasteiger charge is 2.31. The Hall–Kier alpha value is -0.130. The van der Waals surface area contributed by atoms with E-state index in [1.807, 2.05) is 0 Å². The van der Waals surface area contributed by atoms with E-state index in [1.165, 1.54) is 0 Å². The molecule has 11 heavy (non-hydrogen) atoms. The van der Waals surface area contributed by atoms with Gasteiger partial charge in [-0.15, -0.1) is 0 Å². The number of aliphatic hydroxyl groups excluding tert-OH is 1. The van der Waals surface area contributed by atoms with Crippen LogP contribution in [0.3, 0.4) is 0 Å². The maximum Gasteiger partial charge on any atom is 0.264 e. The Labute approximate surface area is 66.3 Å². The molecule has 1 aliphatic carbocycles. The van der Waals surface area contributed by atoms with E-state index in [1.54, 1.807) is 0 Å². The predicted molar refractivity (Wildman–Crippen MR) is 39.5 cm³/mol. The maximum atomic E-state index is 10.5. The summed E-state index contributed by atoms with van der Waals surface area (Å²) in [6.07, 6.45) is 2.16. The molecule has 0 aromatic carbocycles. The van der Waals surface area contributed by atoms with Crippen molar-refractivity contribution in [3.63, 3.8) is 0 Å². The molecule has 0 bridgehead atoms. The van der Waals surface area contributed by atoms with Crippen LogP contribution >= 0.6 is 0 Å². The molecule has 0 radical (unpaired) electrons. The first-order chi connectivity index (χ1) is 5.01. The van der Waals surface area contributed by atoms with Crippen LogP contribution in [0.15, 0.2) is 0 Å². The zero-order chi connectivity index (χ0) is 8.48. The van der Waals surface area contributed by atoms with Gasteiger partial charge >= 0.3 is 0 Å². The third-order valence-electron chi connectivity index (χ3n) is 1.76. The zero-order valence-corrected chi connectivity index (χ0v) is 7.17. The van der Waals surface area contributed by atoms with Crippen molar-refractivity contribution in [3.05, 3.63) is 0 Å². The van der Waals surface area contributed by atoms with Gasteiger partial charge in [0.1, 0.15) is 0 Å². The zero-order valence-electron chi connectivity index (χ0n) is 6.36. The Bertz CT molecular complexity index is 215. The summed E-state index contributed by atoms with van der Waals surface area (Å²) in [5, 5.41) is 8.60. The van der Waals surface area contributed by atoms with Gasteiger partial charge < -0.3 is 5.11 Å². The predicted octanol–water partition coefficient (Wildman–Crippen LogP) is -0.266. The van der Waals surface area contributed by atoms with E-state index in [4.69, 9.17) is 5.11 Å². The Morgan fingerprint density at radius 1 is 1.55 bits per heavy atom. The molecular formula is C6H12O4S. The SMILES string of the molecule is CS(=O)(=O)OC1CC(CO)C1. The molecule has 0 aromatic rings. The number of hydrogen-bond acceptors (Lipinski definition) is 4. The van der Waals surface area contributed by atoms with Crippen LogP contribution in [-0.4, -0.2) is 32.5 Å². The molecule has 0 amide bonds. The topological polar surface area (TPSA) is 63.6 Å². The maximum absolute atomic E-state index is 10.5. The highest BCUT2D eigenvalue weighted by atomic mass is 32.2. The molecule has 0 spiro atoms. The lowest BCUT2D eigenvalue weighted by Gasteiger charge is -2.32. The van der Waals surface area contributed by atoms with E-state index in [0.29, 0.717) is 12.8 Å². The summed E-state index contributed by atoms with van der Waals surface area (Å²) < 4.78 is 25.8. The molecule has 4 nitrogen and oxygen atoms in total. The van der Waals surface area contributed by atoms with Gasteiger partial charge in [-0.25, -0.2) is 0 Å². The Balaban J connectivity index is 2.24. The molecule has 0 aliphatic heterocycles. The van der Waals surface area contributed by atoms with Crippen LogP contribution in [0.2, 0.25) is 0 Å². The van der Waals surface area contributed by atoms with Gasteiger partial charge in [-0.05, 0) is 18.8 Å². The van der Waals surface area contributed by atoms with Crippen LogP contribution in [0, 0.1) is 5.92 Å². The lowest BCUT2D eigenvalue weighted by molar-refractivity contribution is 0.0375. The van der Waals surface area contributed by atoms with Crippen LogP contribution in [0.5, 0.6) is 0 Å². The van der Waals surface area contributed by atoms with Gasteiger partial charge in [0, 0.05) is 6.61 Å². The first-order valence-electron chi connectivity index (χ1n) is 3.50. The summed E-state index contributed by atoms with van der Waals surface area (Å²) in [6.45, 7) is 0.129. The van der Waals surface area contributed by atoms with Crippen LogP contribution in [0.4, 0.5) is 0 Å². The summed E-state index contributed by atoms with van der Waals surface area (Å²) in [4.78, 5) is 0. The van der Waals surface area contributed by atoms with Crippen molar-refractivity contribution in [3.8, 4) is 0 Å². The third kappa shape index (κ3) is 2.76. The minimum absolute atomic E-state index is 0.129. The van der Waals surface area contributed by atoms with Gasteiger partial charge in [-0.2, -0.15) is 8.42 Å². The second-order valence-electron chi connectivity index (χ2n) is 2.94. The molecule has 1 saturated carbocycles. The number of aliphatic hydroxyl groups is 1. The van der Waals surface area contributed by atoms with Gasteiger partial charge in [0.05, 0.1) is 12.4 Å². The van der Waals surface area contributed by atoms with Crippen molar-refractivity contribution < 1.29 is 17.7 Å². The van der Waals surface area contributed by atoms with Crippen LogP contribution in [0.1, 0.15) is 12.8 Å². The van der Waals surface area contributed by atoms with Crippen molar-refractivity contribution in [1.82, 2.24) is 0 Å². The first-order valence-corrected chi connectivity index (χ1v) is 5.32. The molecule has 1 N–H and O–H groups in total. The van der Waals surface area contributed by atoms with E-state index in [9.17, 15) is 8.42 Å².